The number of hydrogen-bond acceptors (Lipinski definition) is 3. The van der Waals surface area contributed by atoms with Crippen molar-refractivity contribution in [2.45, 2.75) is 18.9 Å². The summed E-state index contributed by atoms with van der Waals surface area (Å²) in [5.41, 5.74) is 0. The number of ether oxygens (including phenoxy) is 1. The summed E-state index contributed by atoms with van der Waals surface area (Å²) >= 11 is 4.23. The third-order valence-electron chi connectivity index (χ3n) is 1.77. The van der Waals surface area contributed by atoms with E-state index in [1.165, 1.54) is 6.42 Å². The molecule has 0 aromatic carbocycles. The molecule has 0 radical (unpaired) electrons. The lowest BCUT2D eigenvalue weighted by molar-refractivity contribution is 0.134. The van der Waals surface area contributed by atoms with Gasteiger partial charge in [0.25, 0.3) is 0 Å². The molecule has 0 aliphatic carbocycles. The van der Waals surface area contributed by atoms with E-state index < -0.39 is 0 Å². The average molecular weight is 147 g/mol. The van der Waals surface area contributed by atoms with Crippen LogP contribution in [-0.4, -0.2) is 30.6 Å². The van der Waals surface area contributed by atoms with Gasteiger partial charge in [-0.3, -0.25) is 4.31 Å². The Morgan fingerprint density at radius 2 is 2.56 bits per heavy atom. The molecule has 0 spiro atoms. The first-order chi connectivity index (χ1) is 4.34. The lowest BCUT2D eigenvalue weighted by Crippen LogP contribution is -2.41. The maximum atomic E-state index is 4.94. The van der Waals surface area contributed by atoms with E-state index >= 15 is 0 Å². The first-order valence-electron chi connectivity index (χ1n) is 3.29. The van der Waals surface area contributed by atoms with E-state index in [0.717, 1.165) is 19.6 Å². The molecule has 1 fully saturated rings. The smallest absolute Gasteiger partial charge is 0.0477 e. The monoisotopic (exact) mass is 147 g/mol. The van der Waals surface area contributed by atoms with Gasteiger partial charge < -0.3 is 4.74 Å². The van der Waals surface area contributed by atoms with Gasteiger partial charge in [-0.1, -0.05) is 12.8 Å². The molecule has 0 aromatic heterocycles. The second kappa shape index (κ2) is 3.44. The first kappa shape index (κ1) is 7.38. The van der Waals surface area contributed by atoms with E-state index in [9.17, 15) is 0 Å². The molecule has 0 N–H and O–H groups in total. The van der Waals surface area contributed by atoms with Crippen LogP contribution in [0.15, 0.2) is 0 Å². The zero-order valence-corrected chi connectivity index (χ0v) is 6.60. The molecule has 0 bridgehead atoms. The van der Waals surface area contributed by atoms with Gasteiger partial charge in [-0.25, -0.2) is 0 Å². The molecule has 9 heavy (non-hydrogen) atoms. The van der Waals surface area contributed by atoms with Crippen LogP contribution in [0.3, 0.4) is 0 Å². The molecule has 2 nitrogen and oxygen atoms in total. The summed E-state index contributed by atoms with van der Waals surface area (Å²) in [6.45, 7) is 2.00. The van der Waals surface area contributed by atoms with Crippen LogP contribution in [0.2, 0.25) is 0 Å². The van der Waals surface area contributed by atoms with Crippen molar-refractivity contribution in [2.75, 3.05) is 20.3 Å². The summed E-state index contributed by atoms with van der Waals surface area (Å²) in [5, 5.41) is 0. The number of nitrogens with zero attached hydrogens (tertiary/aromatic N) is 1. The topological polar surface area (TPSA) is 12.5 Å². The summed E-state index contributed by atoms with van der Waals surface area (Å²) in [6, 6.07) is 0.674. The molecule has 1 rings (SSSR count). The highest BCUT2D eigenvalue weighted by Gasteiger charge is 2.23. The van der Waals surface area contributed by atoms with Crippen LogP contribution in [0, 0.1) is 0 Å². The number of methoxy groups -OCH3 is 1. The van der Waals surface area contributed by atoms with Crippen molar-refractivity contribution in [3.63, 3.8) is 0 Å². The average Bonchev–Trinajstić information content (AvgIpc) is 1.86. The van der Waals surface area contributed by atoms with Crippen LogP contribution in [0.5, 0.6) is 0 Å². The van der Waals surface area contributed by atoms with Crippen molar-refractivity contribution in [1.29, 1.82) is 0 Å². The summed E-state index contributed by atoms with van der Waals surface area (Å²) in [7, 11) is 1.74. The molecule has 1 aliphatic heterocycles. The second-order valence-electron chi connectivity index (χ2n) is 2.39. The van der Waals surface area contributed by atoms with Gasteiger partial charge >= 0.3 is 0 Å². The molecular formula is C6H13NOS. The molecule has 1 aliphatic rings. The van der Waals surface area contributed by atoms with Gasteiger partial charge in [-0.15, -0.1) is 0 Å². The molecular weight excluding hydrogens is 134 g/mol. The lowest BCUT2D eigenvalue weighted by atomic mass is 10.0. The van der Waals surface area contributed by atoms with Crippen LogP contribution < -0.4 is 0 Å². The Labute approximate surface area is 61.7 Å². The molecule has 0 saturated carbocycles. The fourth-order valence-corrected chi connectivity index (χ4v) is 1.32. The molecule has 1 heterocycles. The molecule has 1 saturated heterocycles. The Hall–Kier alpha value is 0.270. The summed E-state index contributed by atoms with van der Waals surface area (Å²) in [6.07, 6.45) is 2.41. The summed E-state index contributed by atoms with van der Waals surface area (Å²) in [4.78, 5) is 0. The minimum atomic E-state index is 0.674. The third-order valence-corrected chi connectivity index (χ3v) is 2.29. The van der Waals surface area contributed by atoms with Crippen LogP contribution in [-0.2, 0) is 4.74 Å². The first-order valence-corrected chi connectivity index (χ1v) is 3.69. The van der Waals surface area contributed by atoms with Gasteiger partial charge in [0.1, 0.15) is 0 Å². The Morgan fingerprint density at radius 3 is 2.89 bits per heavy atom. The maximum Gasteiger partial charge on any atom is 0.0477 e. The second-order valence-corrected chi connectivity index (χ2v) is 2.90. The normalized spacial score (nSPS) is 28.0. The Balaban J connectivity index is 1.99. The lowest BCUT2D eigenvalue weighted by Gasteiger charge is -2.36. The van der Waals surface area contributed by atoms with E-state index in [1.54, 1.807) is 7.11 Å². The molecule has 1 atom stereocenters. The van der Waals surface area contributed by atoms with Crippen molar-refractivity contribution in [3.8, 4) is 0 Å². The molecule has 1 unspecified atom stereocenters. The zero-order valence-electron chi connectivity index (χ0n) is 5.71. The van der Waals surface area contributed by atoms with Crippen molar-refractivity contribution < 1.29 is 4.74 Å². The van der Waals surface area contributed by atoms with Gasteiger partial charge in [0, 0.05) is 26.3 Å². The number of rotatable bonds is 3. The van der Waals surface area contributed by atoms with E-state index in [4.69, 9.17) is 4.74 Å². The number of hydrogen-bond donors (Lipinski definition) is 1. The van der Waals surface area contributed by atoms with Crippen LogP contribution in [0.1, 0.15) is 12.8 Å². The fraction of sp³-hybridized carbons (Fsp3) is 1.00. The molecule has 54 valence electrons. The van der Waals surface area contributed by atoms with Crippen molar-refractivity contribution in [2.24, 2.45) is 0 Å². The summed E-state index contributed by atoms with van der Waals surface area (Å²) in [5.74, 6) is 0. The zero-order chi connectivity index (χ0) is 6.69. The van der Waals surface area contributed by atoms with Crippen molar-refractivity contribution in [1.82, 2.24) is 4.31 Å². The fourth-order valence-electron chi connectivity index (χ4n) is 0.974. The Morgan fingerprint density at radius 1 is 1.78 bits per heavy atom. The van der Waals surface area contributed by atoms with E-state index in [1.807, 2.05) is 0 Å². The van der Waals surface area contributed by atoms with Crippen LogP contribution in [0.4, 0.5) is 0 Å². The molecule has 3 heteroatoms. The van der Waals surface area contributed by atoms with E-state index in [2.05, 4.69) is 17.1 Å². The van der Waals surface area contributed by atoms with Gasteiger partial charge in [-0.05, 0) is 12.8 Å². The Kier molecular flexibility index (Phi) is 2.82. The maximum absolute atomic E-state index is 4.94. The molecule has 0 amide bonds. The van der Waals surface area contributed by atoms with Crippen LogP contribution in [0.25, 0.3) is 0 Å². The third kappa shape index (κ3) is 1.85. The highest BCUT2D eigenvalue weighted by Crippen LogP contribution is 2.21. The highest BCUT2D eigenvalue weighted by molar-refractivity contribution is 7.77. The molecule has 0 aromatic rings. The minimum absolute atomic E-state index is 0.674. The van der Waals surface area contributed by atoms with Crippen molar-refractivity contribution in [3.05, 3.63) is 0 Å². The van der Waals surface area contributed by atoms with Gasteiger partial charge in [-0.2, -0.15) is 0 Å². The predicted octanol–water partition coefficient (Wildman–Crippen LogP) is 0.942. The van der Waals surface area contributed by atoms with Crippen molar-refractivity contribution >= 4 is 12.8 Å². The SMILES string of the molecule is COCCC1CCN1S. The minimum Gasteiger partial charge on any atom is -0.385 e. The highest BCUT2D eigenvalue weighted by atomic mass is 32.1. The summed E-state index contributed by atoms with van der Waals surface area (Å²) < 4.78 is 7.00. The standard InChI is InChI=1S/C6H13NOS/c1-8-5-3-6-2-4-7(6)9/h6,9H,2-5H2,1H3. The predicted molar refractivity (Wildman–Crippen MR) is 40.6 cm³/mol. The number of thiol groups is 1. The quantitative estimate of drug-likeness (QED) is 0.596. The van der Waals surface area contributed by atoms with E-state index in [0.29, 0.717) is 6.04 Å². The van der Waals surface area contributed by atoms with Gasteiger partial charge in [0.05, 0.1) is 0 Å². The Bertz CT molecular complexity index is 89.1. The van der Waals surface area contributed by atoms with Gasteiger partial charge in [0.15, 0.2) is 0 Å². The van der Waals surface area contributed by atoms with E-state index in [-0.39, 0.29) is 0 Å². The van der Waals surface area contributed by atoms with Gasteiger partial charge in [0.2, 0.25) is 0 Å². The largest absolute Gasteiger partial charge is 0.385 e. The van der Waals surface area contributed by atoms with Crippen LogP contribution >= 0.6 is 12.8 Å².